The van der Waals surface area contributed by atoms with Gasteiger partial charge in [0, 0.05) is 29.4 Å². The third-order valence-electron chi connectivity index (χ3n) is 7.45. The molecule has 0 spiro atoms. The van der Waals surface area contributed by atoms with E-state index in [1.807, 2.05) is 25.3 Å². The van der Waals surface area contributed by atoms with Crippen molar-refractivity contribution in [2.24, 2.45) is 0 Å². The summed E-state index contributed by atoms with van der Waals surface area (Å²) < 4.78 is 28.4. The summed E-state index contributed by atoms with van der Waals surface area (Å²) in [6.07, 6.45) is 4.87. The highest BCUT2D eigenvalue weighted by Crippen LogP contribution is 2.32. The lowest BCUT2D eigenvalue weighted by atomic mass is 9.91. The van der Waals surface area contributed by atoms with E-state index in [1.54, 1.807) is 24.3 Å². The zero-order valence-electron chi connectivity index (χ0n) is 22.8. The van der Waals surface area contributed by atoms with Gasteiger partial charge in [0.25, 0.3) is 10.0 Å². The average molecular weight is 594 g/mol. The first-order valence-electron chi connectivity index (χ1n) is 13.6. The van der Waals surface area contributed by atoms with Crippen LogP contribution in [-0.4, -0.2) is 41.7 Å². The van der Waals surface area contributed by atoms with Gasteiger partial charge in [-0.2, -0.15) is 0 Å². The standard InChI is InChI=1S/C30H32ClN5O4S/c1-3-19-15-20(25-13-12-24(14-18(25)2)36-41(39,40)27-7-5-4-6-26(27)31)16-21-17-32-29(35-28(19)21)33-22-8-10-23(11-9-22)34-30(37)38/h4-7,12-17,22-23,34,36H,3,8-11H2,1-2H3,(H,37,38)(H,32,33,35). The van der Waals surface area contributed by atoms with Crippen LogP contribution >= 0.6 is 11.6 Å². The van der Waals surface area contributed by atoms with Gasteiger partial charge in [0.1, 0.15) is 4.90 Å². The maximum atomic E-state index is 12.9. The van der Waals surface area contributed by atoms with E-state index >= 15 is 0 Å². The van der Waals surface area contributed by atoms with Crippen LogP contribution in [0.3, 0.4) is 0 Å². The number of benzene rings is 3. The number of hydrogen-bond donors (Lipinski definition) is 4. The number of anilines is 2. The minimum Gasteiger partial charge on any atom is -0.465 e. The molecule has 0 atom stereocenters. The summed E-state index contributed by atoms with van der Waals surface area (Å²) in [4.78, 5) is 20.3. The summed E-state index contributed by atoms with van der Waals surface area (Å²) in [5.41, 5.74) is 5.32. The summed E-state index contributed by atoms with van der Waals surface area (Å²) in [6.45, 7) is 4.03. The van der Waals surface area contributed by atoms with Crippen LogP contribution in [-0.2, 0) is 16.4 Å². The number of fused-ring (bicyclic) bond motifs is 1. The molecule has 11 heteroatoms. The third kappa shape index (κ3) is 6.55. The second kappa shape index (κ2) is 11.9. The van der Waals surface area contributed by atoms with E-state index in [4.69, 9.17) is 21.7 Å². The first kappa shape index (κ1) is 28.6. The smallest absolute Gasteiger partial charge is 0.404 e. The molecule has 1 saturated carbocycles. The van der Waals surface area contributed by atoms with Gasteiger partial charge in [0.05, 0.1) is 10.5 Å². The second-order valence-electron chi connectivity index (χ2n) is 10.3. The third-order valence-corrected chi connectivity index (χ3v) is 9.33. The SMILES string of the molecule is CCc1cc(-c2ccc(NS(=O)(=O)c3ccccc3Cl)cc2C)cc2cnc(NC3CCC(NC(=O)O)CC3)nc12. The summed E-state index contributed by atoms with van der Waals surface area (Å²) in [7, 11) is -3.83. The molecule has 1 amide bonds. The van der Waals surface area contributed by atoms with Crippen LogP contribution in [0.15, 0.2) is 65.7 Å². The van der Waals surface area contributed by atoms with Crippen LogP contribution in [0.5, 0.6) is 0 Å². The molecule has 4 N–H and O–H groups in total. The van der Waals surface area contributed by atoms with E-state index in [0.29, 0.717) is 11.6 Å². The van der Waals surface area contributed by atoms with Gasteiger partial charge in [-0.05, 0) is 97.7 Å². The Morgan fingerprint density at radius 3 is 2.46 bits per heavy atom. The number of sulfonamides is 1. The van der Waals surface area contributed by atoms with Crippen LogP contribution in [0, 0.1) is 6.92 Å². The van der Waals surface area contributed by atoms with E-state index in [0.717, 1.165) is 65.3 Å². The zero-order valence-corrected chi connectivity index (χ0v) is 24.4. The molecule has 4 aromatic rings. The van der Waals surface area contributed by atoms with Crippen molar-refractivity contribution in [3.8, 4) is 11.1 Å². The number of amides is 1. The molecule has 214 valence electrons. The maximum Gasteiger partial charge on any atom is 0.404 e. The van der Waals surface area contributed by atoms with Crippen molar-refractivity contribution < 1.29 is 18.3 Å². The molecule has 1 aromatic heterocycles. The number of carboxylic acid groups (broad SMARTS) is 1. The number of rotatable bonds is 8. The van der Waals surface area contributed by atoms with Crippen LogP contribution in [0.4, 0.5) is 16.4 Å². The van der Waals surface area contributed by atoms with Gasteiger partial charge in [-0.1, -0.05) is 36.7 Å². The van der Waals surface area contributed by atoms with Gasteiger partial charge < -0.3 is 15.7 Å². The Morgan fingerprint density at radius 2 is 1.78 bits per heavy atom. The van der Waals surface area contributed by atoms with Crippen LogP contribution in [0.2, 0.25) is 5.02 Å². The summed E-state index contributed by atoms with van der Waals surface area (Å²) in [5, 5.41) is 16.0. The molecule has 0 saturated heterocycles. The minimum absolute atomic E-state index is 0.00625. The highest BCUT2D eigenvalue weighted by atomic mass is 35.5. The molecule has 0 aliphatic heterocycles. The van der Waals surface area contributed by atoms with Gasteiger partial charge in [-0.3, -0.25) is 4.72 Å². The van der Waals surface area contributed by atoms with Gasteiger partial charge in [0.2, 0.25) is 5.95 Å². The lowest BCUT2D eigenvalue weighted by Crippen LogP contribution is -2.39. The molecule has 41 heavy (non-hydrogen) atoms. The number of hydrogen-bond acceptors (Lipinski definition) is 6. The van der Waals surface area contributed by atoms with Crippen LogP contribution in [0.25, 0.3) is 22.0 Å². The number of aryl methyl sites for hydroxylation is 2. The van der Waals surface area contributed by atoms with Crippen molar-refractivity contribution >= 4 is 50.3 Å². The fourth-order valence-corrected chi connectivity index (χ4v) is 6.95. The normalized spacial score (nSPS) is 17.2. The van der Waals surface area contributed by atoms with Crippen molar-refractivity contribution in [2.45, 2.75) is 62.9 Å². The summed E-state index contributed by atoms with van der Waals surface area (Å²) in [5.74, 6) is 0.570. The number of halogens is 1. The molecule has 3 aromatic carbocycles. The number of nitrogens with zero attached hydrogens (tertiary/aromatic N) is 2. The van der Waals surface area contributed by atoms with Crippen molar-refractivity contribution in [3.05, 3.63) is 76.9 Å². The molecule has 0 bridgehead atoms. The Labute approximate surface area is 244 Å². The van der Waals surface area contributed by atoms with Crippen LogP contribution in [0.1, 0.15) is 43.7 Å². The Balaban J connectivity index is 1.35. The number of nitrogens with one attached hydrogen (secondary N) is 3. The fraction of sp³-hybridized carbons (Fsp3) is 0.300. The molecule has 1 heterocycles. The Bertz CT molecular complexity index is 1700. The van der Waals surface area contributed by atoms with Gasteiger partial charge in [0.15, 0.2) is 0 Å². The van der Waals surface area contributed by atoms with Crippen LogP contribution < -0.4 is 15.4 Å². The van der Waals surface area contributed by atoms with Crippen molar-refractivity contribution in [2.75, 3.05) is 10.0 Å². The van der Waals surface area contributed by atoms with E-state index in [1.165, 1.54) is 6.07 Å². The molecule has 1 aliphatic carbocycles. The highest BCUT2D eigenvalue weighted by Gasteiger charge is 2.23. The Hall–Kier alpha value is -3.89. The van der Waals surface area contributed by atoms with Gasteiger partial charge in [-0.15, -0.1) is 0 Å². The van der Waals surface area contributed by atoms with Gasteiger partial charge >= 0.3 is 6.09 Å². The summed E-state index contributed by atoms with van der Waals surface area (Å²) in [6, 6.07) is 16.2. The molecule has 1 aliphatic rings. The van der Waals surface area contributed by atoms with Crippen molar-refractivity contribution in [3.63, 3.8) is 0 Å². The average Bonchev–Trinajstić information content (AvgIpc) is 2.93. The topological polar surface area (TPSA) is 133 Å². The fourth-order valence-electron chi connectivity index (χ4n) is 5.38. The van der Waals surface area contributed by atoms with E-state index in [9.17, 15) is 13.2 Å². The molecular formula is C30H32ClN5O4S. The summed E-state index contributed by atoms with van der Waals surface area (Å²) >= 11 is 6.11. The second-order valence-corrected chi connectivity index (χ2v) is 12.4. The van der Waals surface area contributed by atoms with Crippen molar-refractivity contribution in [1.29, 1.82) is 0 Å². The minimum atomic E-state index is -3.83. The first-order chi connectivity index (χ1) is 19.6. The molecule has 9 nitrogen and oxygen atoms in total. The molecule has 5 rings (SSSR count). The lowest BCUT2D eigenvalue weighted by molar-refractivity contribution is 0.185. The van der Waals surface area contributed by atoms with Crippen molar-refractivity contribution in [1.82, 2.24) is 15.3 Å². The quantitative estimate of drug-likeness (QED) is 0.180. The Kier molecular flexibility index (Phi) is 8.32. The molecule has 0 radical (unpaired) electrons. The highest BCUT2D eigenvalue weighted by molar-refractivity contribution is 7.92. The molecular weight excluding hydrogens is 562 g/mol. The molecule has 1 fully saturated rings. The monoisotopic (exact) mass is 593 g/mol. The predicted octanol–water partition coefficient (Wildman–Crippen LogP) is 6.61. The van der Waals surface area contributed by atoms with E-state index < -0.39 is 16.1 Å². The first-order valence-corrected chi connectivity index (χ1v) is 15.4. The largest absolute Gasteiger partial charge is 0.465 e. The van der Waals surface area contributed by atoms with E-state index in [-0.39, 0.29) is 22.0 Å². The molecule has 0 unspecified atom stereocenters. The zero-order chi connectivity index (χ0) is 29.1. The maximum absolute atomic E-state index is 12.9. The lowest BCUT2D eigenvalue weighted by Gasteiger charge is -2.28. The predicted molar refractivity (Wildman–Crippen MR) is 162 cm³/mol. The number of carbonyl (C=O) groups is 1. The van der Waals surface area contributed by atoms with Gasteiger partial charge in [-0.25, -0.2) is 23.2 Å². The Morgan fingerprint density at radius 1 is 1.05 bits per heavy atom. The van der Waals surface area contributed by atoms with E-state index in [2.05, 4.69) is 39.4 Å². The number of aromatic nitrogens is 2.